The summed E-state index contributed by atoms with van der Waals surface area (Å²) in [5.74, 6) is 0.995. The molecule has 0 radical (unpaired) electrons. The number of hydrogen-bond acceptors (Lipinski definition) is 4. The Balaban J connectivity index is 1.42. The van der Waals surface area contributed by atoms with Crippen LogP contribution in [-0.2, 0) is 0 Å². The lowest BCUT2D eigenvalue weighted by molar-refractivity contribution is 0.0746. The van der Waals surface area contributed by atoms with E-state index in [0.29, 0.717) is 18.7 Å². The molecule has 3 aromatic rings. The summed E-state index contributed by atoms with van der Waals surface area (Å²) < 4.78 is 1.73. The number of rotatable bonds is 3. The maximum Gasteiger partial charge on any atom is 0.257 e. The Kier molecular flexibility index (Phi) is 4.16. The van der Waals surface area contributed by atoms with E-state index in [1.54, 1.807) is 23.3 Å². The van der Waals surface area contributed by atoms with Gasteiger partial charge in [-0.15, -0.1) is 0 Å². The van der Waals surface area contributed by atoms with E-state index in [9.17, 15) is 4.79 Å². The molecule has 0 N–H and O–H groups in total. The van der Waals surface area contributed by atoms with Crippen molar-refractivity contribution in [1.29, 1.82) is 0 Å². The monoisotopic (exact) mass is 333 g/mol. The van der Waals surface area contributed by atoms with Gasteiger partial charge < -0.3 is 9.80 Å². The third-order valence-electron chi connectivity index (χ3n) is 4.39. The van der Waals surface area contributed by atoms with Crippen molar-refractivity contribution in [3.63, 3.8) is 0 Å². The van der Waals surface area contributed by atoms with Crippen LogP contribution in [-0.4, -0.2) is 51.8 Å². The highest BCUT2D eigenvalue weighted by Crippen LogP contribution is 2.15. The van der Waals surface area contributed by atoms with E-state index in [2.05, 4.69) is 15.0 Å². The van der Waals surface area contributed by atoms with Crippen LogP contribution in [0.2, 0.25) is 0 Å². The predicted molar refractivity (Wildman–Crippen MR) is 95.9 cm³/mol. The first-order chi connectivity index (χ1) is 12.3. The molecule has 1 amide bonds. The number of anilines is 1. The van der Waals surface area contributed by atoms with Gasteiger partial charge in [-0.1, -0.05) is 24.3 Å². The molecule has 0 spiro atoms. The Morgan fingerprint density at radius 2 is 1.68 bits per heavy atom. The normalized spacial score (nSPS) is 14.6. The summed E-state index contributed by atoms with van der Waals surface area (Å²) in [5, 5.41) is 4.31. The van der Waals surface area contributed by atoms with Crippen molar-refractivity contribution in [2.24, 2.45) is 0 Å². The van der Waals surface area contributed by atoms with Crippen LogP contribution in [0.5, 0.6) is 0 Å². The second-order valence-corrected chi connectivity index (χ2v) is 5.98. The van der Waals surface area contributed by atoms with Gasteiger partial charge in [0.05, 0.1) is 17.4 Å². The molecule has 0 atom stereocenters. The average molecular weight is 333 g/mol. The number of carbonyl (C=O) groups is 1. The Morgan fingerprint density at radius 3 is 2.40 bits per heavy atom. The topological polar surface area (TPSA) is 54.3 Å². The summed E-state index contributed by atoms with van der Waals surface area (Å²) in [6.45, 7) is 2.95. The van der Waals surface area contributed by atoms with E-state index in [1.165, 1.54) is 0 Å². The Hall–Kier alpha value is -3.15. The highest BCUT2D eigenvalue weighted by molar-refractivity contribution is 5.94. The lowest BCUT2D eigenvalue weighted by atomic mass is 10.2. The van der Waals surface area contributed by atoms with Crippen LogP contribution in [0.1, 0.15) is 10.4 Å². The van der Waals surface area contributed by atoms with Gasteiger partial charge in [0.1, 0.15) is 5.82 Å². The van der Waals surface area contributed by atoms with Gasteiger partial charge in [0.15, 0.2) is 0 Å². The second-order valence-electron chi connectivity index (χ2n) is 5.98. The molecule has 1 fully saturated rings. The van der Waals surface area contributed by atoms with Gasteiger partial charge in [0, 0.05) is 38.6 Å². The van der Waals surface area contributed by atoms with Crippen LogP contribution < -0.4 is 4.90 Å². The van der Waals surface area contributed by atoms with Gasteiger partial charge in [-0.25, -0.2) is 9.67 Å². The third-order valence-corrected chi connectivity index (χ3v) is 4.39. The minimum atomic E-state index is 0.0304. The van der Waals surface area contributed by atoms with Gasteiger partial charge in [-0.3, -0.25) is 4.79 Å². The summed E-state index contributed by atoms with van der Waals surface area (Å²) in [4.78, 5) is 21.2. The standard InChI is InChI=1S/C19H19N5O/c25-19(16-14-21-24(15-16)17-6-2-1-3-7-17)23-12-10-22(11-13-23)18-8-4-5-9-20-18/h1-9,14-15H,10-13H2. The molecule has 25 heavy (non-hydrogen) atoms. The molecule has 2 aromatic heterocycles. The van der Waals surface area contributed by atoms with Gasteiger partial charge in [0.25, 0.3) is 5.91 Å². The Morgan fingerprint density at radius 1 is 0.920 bits per heavy atom. The maximum atomic E-state index is 12.7. The van der Waals surface area contributed by atoms with Crippen LogP contribution in [0.25, 0.3) is 5.69 Å². The fraction of sp³-hybridized carbons (Fsp3) is 0.211. The summed E-state index contributed by atoms with van der Waals surface area (Å²) in [6.07, 6.45) is 5.23. The molecule has 4 rings (SSSR count). The fourth-order valence-electron chi connectivity index (χ4n) is 3.02. The highest BCUT2D eigenvalue weighted by atomic mass is 16.2. The minimum Gasteiger partial charge on any atom is -0.353 e. The zero-order valence-electron chi connectivity index (χ0n) is 13.8. The van der Waals surface area contributed by atoms with E-state index in [0.717, 1.165) is 24.6 Å². The zero-order valence-corrected chi connectivity index (χ0v) is 13.8. The van der Waals surface area contributed by atoms with Crippen LogP contribution >= 0.6 is 0 Å². The molecule has 0 saturated carbocycles. The van der Waals surface area contributed by atoms with Gasteiger partial charge in [0.2, 0.25) is 0 Å². The number of hydrogen-bond donors (Lipinski definition) is 0. The van der Waals surface area contributed by atoms with E-state index in [-0.39, 0.29) is 5.91 Å². The van der Waals surface area contributed by atoms with Crippen molar-refractivity contribution in [2.75, 3.05) is 31.1 Å². The van der Waals surface area contributed by atoms with Crippen molar-refractivity contribution in [2.45, 2.75) is 0 Å². The molecule has 0 unspecified atom stereocenters. The molecular formula is C19H19N5O. The van der Waals surface area contributed by atoms with Crippen LogP contribution in [0.4, 0.5) is 5.82 Å². The molecule has 6 nitrogen and oxygen atoms in total. The molecule has 1 aliphatic heterocycles. The van der Waals surface area contributed by atoms with E-state index in [4.69, 9.17) is 0 Å². The molecule has 1 saturated heterocycles. The maximum absolute atomic E-state index is 12.7. The lowest BCUT2D eigenvalue weighted by Crippen LogP contribution is -2.49. The van der Waals surface area contributed by atoms with Gasteiger partial charge in [-0.2, -0.15) is 5.10 Å². The zero-order chi connectivity index (χ0) is 17.1. The first kappa shape index (κ1) is 15.4. The van der Waals surface area contributed by atoms with Crippen molar-refractivity contribution < 1.29 is 4.79 Å². The summed E-state index contributed by atoms with van der Waals surface area (Å²) in [7, 11) is 0. The molecule has 0 aliphatic carbocycles. The number of para-hydroxylation sites is 1. The highest BCUT2D eigenvalue weighted by Gasteiger charge is 2.23. The molecule has 126 valence electrons. The summed E-state index contributed by atoms with van der Waals surface area (Å²) in [5.41, 5.74) is 1.57. The fourth-order valence-corrected chi connectivity index (χ4v) is 3.02. The number of piperazine rings is 1. The summed E-state index contributed by atoms with van der Waals surface area (Å²) >= 11 is 0. The van der Waals surface area contributed by atoms with E-state index < -0.39 is 0 Å². The van der Waals surface area contributed by atoms with Crippen LogP contribution in [0.3, 0.4) is 0 Å². The number of amides is 1. The second kappa shape index (κ2) is 6.76. The predicted octanol–water partition coefficient (Wildman–Crippen LogP) is 2.23. The smallest absolute Gasteiger partial charge is 0.257 e. The van der Waals surface area contributed by atoms with E-state index >= 15 is 0 Å². The SMILES string of the molecule is O=C(c1cnn(-c2ccccc2)c1)N1CCN(c2ccccn2)CC1. The molecule has 6 heteroatoms. The first-order valence-corrected chi connectivity index (χ1v) is 8.36. The van der Waals surface area contributed by atoms with Crippen LogP contribution in [0, 0.1) is 0 Å². The van der Waals surface area contributed by atoms with Gasteiger partial charge >= 0.3 is 0 Å². The van der Waals surface area contributed by atoms with Crippen molar-refractivity contribution in [3.05, 3.63) is 72.7 Å². The molecule has 1 aromatic carbocycles. The number of aromatic nitrogens is 3. The number of pyridine rings is 1. The van der Waals surface area contributed by atoms with E-state index in [1.807, 2.05) is 53.4 Å². The number of benzene rings is 1. The Labute approximate surface area is 146 Å². The average Bonchev–Trinajstić information content (AvgIpc) is 3.19. The minimum absolute atomic E-state index is 0.0304. The third kappa shape index (κ3) is 3.24. The lowest BCUT2D eigenvalue weighted by Gasteiger charge is -2.35. The van der Waals surface area contributed by atoms with Crippen molar-refractivity contribution in [3.8, 4) is 5.69 Å². The number of nitrogens with zero attached hydrogens (tertiary/aromatic N) is 5. The molecule has 1 aliphatic rings. The number of carbonyl (C=O) groups excluding carboxylic acids is 1. The van der Waals surface area contributed by atoms with Gasteiger partial charge in [-0.05, 0) is 24.3 Å². The van der Waals surface area contributed by atoms with Crippen molar-refractivity contribution in [1.82, 2.24) is 19.7 Å². The van der Waals surface area contributed by atoms with Crippen LogP contribution in [0.15, 0.2) is 67.1 Å². The molecular weight excluding hydrogens is 314 g/mol. The quantitative estimate of drug-likeness (QED) is 0.737. The molecule has 3 heterocycles. The summed E-state index contributed by atoms with van der Waals surface area (Å²) in [6, 6.07) is 15.7. The molecule has 0 bridgehead atoms. The largest absolute Gasteiger partial charge is 0.353 e. The Bertz CT molecular complexity index is 839. The first-order valence-electron chi connectivity index (χ1n) is 8.36. The van der Waals surface area contributed by atoms with Crippen molar-refractivity contribution >= 4 is 11.7 Å².